The second kappa shape index (κ2) is 7.07. The van der Waals surface area contributed by atoms with Crippen molar-refractivity contribution >= 4 is 16.5 Å². The monoisotopic (exact) mass is 359 g/mol. The minimum atomic E-state index is -0.182. The molecule has 0 saturated carbocycles. The normalized spacial score (nSPS) is 17.7. The molecule has 0 aliphatic carbocycles. The van der Waals surface area contributed by atoms with Gasteiger partial charge in [-0.25, -0.2) is 10.1 Å². The molecule has 5 rings (SSSR count). The molecule has 6 nitrogen and oxygen atoms in total. The highest BCUT2D eigenvalue weighted by molar-refractivity contribution is 5.97. The lowest BCUT2D eigenvalue weighted by atomic mass is 9.84. The number of hydrogen-bond acceptors (Lipinski definition) is 4. The van der Waals surface area contributed by atoms with E-state index in [9.17, 15) is 4.79 Å². The van der Waals surface area contributed by atoms with E-state index in [4.69, 9.17) is 0 Å². The van der Waals surface area contributed by atoms with Gasteiger partial charge in [0, 0.05) is 23.5 Å². The van der Waals surface area contributed by atoms with Crippen molar-refractivity contribution in [1.29, 1.82) is 0 Å². The van der Waals surface area contributed by atoms with Crippen molar-refractivity contribution in [3.05, 3.63) is 88.4 Å². The first kappa shape index (κ1) is 17.0. The summed E-state index contributed by atoms with van der Waals surface area (Å²) >= 11 is 0. The zero-order valence-corrected chi connectivity index (χ0v) is 15.2. The number of nitrogens with zero attached hydrogens (tertiary/aromatic N) is 2. The Morgan fingerprint density at radius 2 is 1.81 bits per heavy atom. The van der Waals surface area contributed by atoms with Gasteiger partial charge >= 0.3 is 0 Å². The molecule has 0 bridgehead atoms. The Morgan fingerprint density at radius 1 is 1.00 bits per heavy atom. The smallest absolute Gasteiger partial charge is 0.272 e. The molecule has 1 aliphatic heterocycles. The highest BCUT2D eigenvalue weighted by Gasteiger charge is 2.36. The van der Waals surface area contributed by atoms with Crippen molar-refractivity contribution in [2.75, 3.05) is 5.32 Å². The van der Waals surface area contributed by atoms with Gasteiger partial charge in [0.15, 0.2) is 0 Å². The van der Waals surface area contributed by atoms with E-state index in [1.807, 2.05) is 50.2 Å². The third-order valence-electron chi connectivity index (χ3n) is 4.75. The van der Waals surface area contributed by atoms with Crippen LogP contribution in [-0.2, 0) is 0 Å². The molecule has 2 aromatic heterocycles. The van der Waals surface area contributed by atoms with Gasteiger partial charge in [0.1, 0.15) is 5.82 Å². The second-order valence-electron chi connectivity index (χ2n) is 6.15. The Morgan fingerprint density at radius 3 is 2.56 bits per heavy atom. The highest BCUT2D eigenvalue weighted by Crippen LogP contribution is 2.45. The Balaban J connectivity index is 0.000000872. The van der Waals surface area contributed by atoms with E-state index >= 15 is 0 Å². The fourth-order valence-electron chi connectivity index (χ4n) is 3.67. The lowest BCUT2D eigenvalue weighted by Crippen LogP contribution is -2.28. The van der Waals surface area contributed by atoms with Crippen molar-refractivity contribution in [2.24, 2.45) is 0 Å². The van der Waals surface area contributed by atoms with E-state index in [2.05, 4.69) is 37.6 Å². The standard InChI is InChI=1S/C19H15N5O.C2H6/c25-19-12-7-4-8-13-14(12)17(23-24-19)15(18-20-9-10-21-18)16(22-13)11-5-2-1-3-6-11;1-2/h1-10,15-16,22H,(H,20,21)(H,24,25);1-2H3. The van der Waals surface area contributed by atoms with Crippen molar-refractivity contribution in [2.45, 2.75) is 25.8 Å². The fourth-order valence-corrected chi connectivity index (χ4v) is 3.67. The van der Waals surface area contributed by atoms with Crippen LogP contribution in [0.25, 0.3) is 10.8 Å². The first-order valence-corrected chi connectivity index (χ1v) is 9.15. The summed E-state index contributed by atoms with van der Waals surface area (Å²) in [6, 6.07) is 15.9. The number of H-pyrrole nitrogens is 2. The van der Waals surface area contributed by atoms with Crippen LogP contribution in [0.2, 0.25) is 0 Å². The van der Waals surface area contributed by atoms with Crippen LogP contribution >= 0.6 is 0 Å². The molecule has 3 heterocycles. The fraction of sp³-hybridized carbons (Fsp3) is 0.190. The van der Waals surface area contributed by atoms with E-state index < -0.39 is 0 Å². The van der Waals surface area contributed by atoms with Crippen LogP contribution in [0, 0.1) is 0 Å². The molecule has 2 unspecified atom stereocenters. The molecule has 4 aromatic rings. The SMILES string of the molecule is CC.O=c1[nH]nc2c3c(cccc13)NC(c1ccccc1)C2c1ncc[nH]1. The third-order valence-corrected chi connectivity index (χ3v) is 4.75. The van der Waals surface area contributed by atoms with E-state index in [0.717, 1.165) is 28.2 Å². The summed E-state index contributed by atoms with van der Waals surface area (Å²) in [5.41, 5.74) is 2.70. The number of rotatable bonds is 2. The Bertz CT molecular complexity index is 1100. The maximum absolute atomic E-state index is 12.2. The van der Waals surface area contributed by atoms with Crippen molar-refractivity contribution < 1.29 is 0 Å². The molecule has 2 atom stereocenters. The van der Waals surface area contributed by atoms with Crippen LogP contribution in [0.4, 0.5) is 5.69 Å². The molecule has 6 heteroatoms. The summed E-state index contributed by atoms with van der Waals surface area (Å²) < 4.78 is 0. The molecule has 0 spiro atoms. The number of benzene rings is 2. The molecule has 136 valence electrons. The van der Waals surface area contributed by atoms with Gasteiger partial charge in [-0.05, 0) is 17.7 Å². The largest absolute Gasteiger partial charge is 0.377 e. The van der Waals surface area contributed by atoms with Crippen LogP contribution in [0.1, 0.15) is 42.9 Å². The molecular weight excluding hydrogens is 338 g/mol. The predicted octanol–water partition coefficient (Wildman–Crippen LogP) is 3.97. The van der Waals surface area contributed by atoms with Crippen LogP contribution in [0.5, 0.6) is 0 Å². The summed E-state index contributed by atoms with van der Waals surface area (Å²) in [6.07, 6.45) is 3.54. The lowest BCUT2D eigenvalue weighted by molar-refractivity contribution is 0.611. The number of nitrogens with one attached hydrogen (secondary N) is 3. The Hall–Kier alpha value is -3.41. The average molecular weight is 359 g/mol. The van der Waals surface area contributed by atoms with Crippen LogP contribution in [0.15, 0.2) is 65.7 Å². The van der Waals surface area contributed by atoms with Crippen molar-refractivity contribution in [1.82, 2.24) is 20.2 Å². The number of aromatic amines is 2. The molecule has 1 aliphatic rings. The van der Waals surface area contributed by atoms with E-state index in [0.29, 0.717) is 5.39 Å². The topological polar surface area (TPSA) is 86.5 Å². The predicted molar refractivity (Wildman–Crippen MR) is 107 cm³/mol. The number of imidazole rings is 1. The number of anilines is 1. The van der Waals surface area contributed by atoms with E-state index in [1.54, 1.807) is 12.4 Å². The molecule has 3 N–H and O–H groups in total. The summed E-state index contributed by atoms with van der Waals surface area (Å²) in [5, 5.41) is 12.1. The quantitative estimate of drug-likeness (QED) is 0.505. The van der Waals surface area contributed by atoms with Gasteiger partial charge < -0.3 is 10.3 Å². The molecule has 0 saturated heterocycles. The zero-order chi connectivity index (χ0) is 18.8. The zero-order valence-electron chi connectivity index (χ0n) is 15.2. The van der Waals surface area contributed by atoms with Gasteiger partial charge in [0.2, 0.25) is 0 Å². The molecule has 2 aromatic carbocycles. The van der Waals surface area contributed by atoms with Crippen molar-refractivity contribution in [3.8, 4) is 0 Å². The lowest BCUT2D eigenvalue weighted by Gasteiger charge is -2.33. The van der Waals surface area contributed by atoms with E-state index in [-0.39, 0.29) is 17.5 Å². The molecule has 0 amide bonds. The second-order valence-corrected chi connectivity index (χ2v) is 6.15. The first-order valence-electron chi connectivity index (χ1n) is 9.15. The van der Waals surface area contributed by atoms with Crippen LogP contribution in [0.3, 0.4) is 0 Å². The maximum Gasteiger partial charge on any atom is 0.272 e. The maximum atomic E-state index is 12.2. The summed E-state index contributed by atoms with van der Waals surface area (Å²) in [7, 11) is 0. The highest BCUT2D eigenvalue weighted by atomic mass is 16.1. The summed E-state index contributed by atoms with van der Waals surface area (Å²) in [4.78, 5) is 19.9. The molecule has 0 radical (unpaired) electrons. The van der Waals surface area contributed by atoms with Crippen LogP contribution in [-0.4, -0.2) is 20.2 Å². The number of hydrogen-bond donors (Lipinski definition) is 3. The average Bonchev–Trinajstić information content (AvgIpc) is 3.27. The molecule has 0 fully saturated rings. The summed E-state index contributed by atoms with van der Waals surface area (Å²) in [6.45, 7) is 4.00. The minimum Gasteiger partial charge on any atom is -0.377 e. The minimum absolute atomic E-state index is 0.0381. The van der Waals surface area contributed by atoms with Gasteiger partial charge in [-0.1, -0.05) is 50.2 Å². The Labute approximate surface area is 156 Å². The van der Waals surface area contributed by atoms with Gasteiger partial charge in [0.05, 0.1) is 23.0 Å². The first-order chi connectivity index (χ1) is 13.3. The van der Waals surface area contributed by atoms with Crippen molar-refractivity contribution in [3.63, 3.8) is 0 Å². The van der Waals surface area contributed by atoms with E-state index in [1.165, 1.54) is 0 Å². The summed E-state index contributed by atoms with van der Waals surface area (Å²) in [5.74, 6) is 0.684. The van der Waals surface area contributed by atoms with Gasteiger partial charge in [-0.15, -0.1) is 0 Å². The van der Waals surface area contributed by atoms with Gasteiger partial charge in [0.25, 0.3) is 5.56 Å². The van der Waals surface area contributed by atoms with Gasteiger partial charge in [-0.3, -0.25) is 4.79 Å². The Kier molecular flexibility index (Phi) is 4.46. The number of aromatic nitrogens is 4. The third kappa shape index (κ3) is 2.79. The van der Waals surface area contributed by atoms with Crippen LogP contribution < -0.4 is 10.9 Å². The van der Waals surface area contributed by atoms with Gasteiger partial charge in [-0.2, -0.15) is 5.10 Å². The molecular formula is C21H21N5O. The molecule has 27 heavy (non-hydrogen) atoms.